The van der Waals surface area contributed by atoms with Gasteiger partial charge >= 0.3 is 6.36 Å². The topological polar surface area (TPSA) is 9.23 Å². The van der Waals surface area contributed by atoms with Gasteiger partial charge in [-0.3, -0.25) is 0 Å². The maximum atomic E-state index is 12.4. The number of aryl methyl sites for hydroxylation is 1. The Hall–Kier alpha value is -2.75. The molecule has 0 saturated heterocycles. The second-order valence-electron chi connectivity index (χ2n) is 7.92. The molecule has 0 radical (unpaired) electrons. The molecule has 3 aromatic carbocycles. The van der Waals surface area contributed by atoms with Crippen LogP contribution >= 0.6 is 0 Å². The molecule has 4 heteroatoms. The molecule has 0 spiro atoms. The van der Waals surface area contributed by atoms with Crippen molar-refractivity contribution in [1.29, 1.82) is 0 Å². The molecule has 0 heterocycles. The highest BCUT2D eigenvalue weighted by Crippen LogP contribution is 2.39. The van der Waals surface area contributed by atoms with Gasteiger partial charge in [-0.1, -0.05) is 74.7 Å². The molecule has 0 atom stereocenters. The zero-order valence-electron chi connectivity index (χ0n) is 17.1. The van der Waals surface area contributed by atoms with Crippen LogP contribution in [0.5, 0.6) is 5.75 Å². The van der Waals surface area contributed by atoms with E-state index in [0.29, 0.717) is 0 Å². The summed E-state index contributed by atoms with van der Waals surface area (Å²) >= 11 is 0. The molecule has 0 unspecified atom stereocenters. The van der Waals surface area contributed by atoms with Crippen LogP contribution in [0.3, 0.4) is 0 Å². The highest BCUT2D eigenvalue weighted by molar-refractivity contribution is 5.80. The van der Waals surface area contributed by atoms with Crippen molar-refractivity contribution in [2.24, 2.45) is 0 Å². The van der Waals surface area contributed by atoms with Crippen LogP contribution in [-0.2, 0) is 12.8 Å². The first-order chi connectivity index (χ1) is 14.4. The third kappa shape index (κ3) is 4.69. The summed E-state index contributed by atoms with van der Waals surface area (Å²) in [5.41, 5.74) is 8.45. The van der Waals surface area contributed by atoms with Gasteiger partial charge in [-0.15, -0.1) is 13.2 Å². The average Bonchev–Trinajstić information content (AvgIpc) is 3.07. The molecule has 1 aliphatic carbocycles. The molecular formula is C26H25F3O. The summed E-state index contributed by atoms with van der Waals surface area (Å²) in [6.45, 7) is 2.23. The van der Waals surface area contributed by atoms with Crippen molar-refractivity contribution in [2.45, 2.75) is 51.8 Å². The van der Waals surface area contributed by atoms with Crippen LogP contribution in [0.25, 0.3) is 22.3 Å². The Morgan fingerprint density at radius 1 is 0.767 bits per heavy atom. The van der Waals surface area contributed by atoms with Gasteiger partial charge in [0.25, 0.3) is 0 Å². The fourth-order valence-corrected chi connectivity index (χ4v) is 4.20. The molecule has 0 aliphatic heterocycles. The first kappa shape index (κ1) is 20.5. The van der Waals surface area contributed by atoms with E-state index >= 15 is 0 Å². The first-order valence-corrected chi connectivity index (χ1v) is 10.5. The third-order valence-electron chi connectivity index (χ3n) is 5.69. The maximum absolute atomic E-state index is 12.4. The highest BCUT2D eigenvalue weighted by Gasteiger charge is 2.31. The highest BCUT2D eigenvalue weighted by atomic mass is 19.4. The number of unbranched alkanes of at least 4 members (excludes halogenated alkanes) is 3. The van der Waals surface area contributed by atoms with Crippen LogP contribution in [0, 0.1) is 0 Å². The Morgan fingerprint density at radius 3 is 2.13 bits per heavy atom. The quantitative estimate of drug-likeness (QED) is 0.281. The normalized spacial score (nSPS) is 12.5. The molecule has 0 saturated carbocycles. The fraction of sp³-hybridized carbons (Fsp3) is 0.308. The number of hydrogen-bond donors (Lipinski definition) is 0. The molecular weight excluding hydrogens is 385 g/mol. The number of hydrogen-bond acceptors (Lipinski definition) is 1. The van der Waals surface area contributed by atoms with Gasteiger partial charge in [0.1, 0.15) is 5.75 Å². The maximum Gasteiger partial charge on any atom is 0.573 e. The zero-order valence-corrected chi connectivity index (χ0v) is 17.1. The van der Waals surface area contributed by atoms with Gasteiger partial charge in [-0.25, -0.2) is 0 Å². The summed E-state index contributed by atoms with van der Waals surface area (Å²) in [7, 11) is 0. The lowest BCUT2D eigenvalue weighted by atomic mass is 9.98. The predicted molar refractivity (Wildman–Crippen MR) is 115 cm³/mol. The summed E-state index contributed by atoms with van der Waals surface area (Å²) in [5.74, 6) is -0.203. The van der Waals surface area contributed by atoms with Crippen LogP contribution in [-0.4, -0.2) is 6.36 Å². The van der Waals surface area contributed by atoms with E-state index in [0.717, 1.165) is 24.0 Å². The number of ether oxygens (including phenoxy) is 1. The number of rotatable bonds is 7. The lowest BCUT2D eigenvalue weighted by Gasteiger charge is -2.10. The summed E-state index contributed by atoms with van der Waals surface area (Å²) in [5, 5.41) is 0. The van der Waals surface area contributed by atoms with Crippen molar-refractivity contribution in [3.05, 3.63) is 77.4 Å². The largest absolute Gasteiger partial charge is 0.573 e. The number of alkyl halides is 3. The summed E-state index contributed by atoms with van der Waals surface area (Å²) < 4.78 is 41.0. The van der Waals surface area contributed by atoms with Gasteiger partial charge in [0.2, 0.25) is 0 Å². The minimum atomic E-state index is -4.67. The van der Waals surface area contributed by atoms with Crippen LogP contribution in [0.1, 0.15) is 49.3 Å². The number of fused-ring (bicyclic) bond motifs is 3. The van der Waals surface area contributed by atoms with Gasteiger partial charge in [0.15, 0.2) is 0 Å². The molecule has 4 rings (SSSR count). The Morgan fingerprint density at radius 2 is 1.43 bits per heavy atom. The van der Waals surface area contributed by atoms with Crippen molar-refractivity contribution in [3.63, 3.8) is 0 Å². The number of benzene rings is 3. The van der Waals surface area contributed by atoms with E-state index in [2.05, 4.69) is 42.0 Å². The Kier molecular flexibility index (Phi) is 5.85. The van der Waals surface area contributed by atoms with Crippen molar-refractivity contribution < 1.29 is 17.9 Å². The zero-order chi connectivity index (χ0) is 21.1. The van der Waals surface area contributed by atoms with Gasteiger partial charge in [0.05, 0.1) is 0 Å². The van der Waals surface area contributed by atoms with Crippen molar-refractivity contribution in [2.75, 3.05) is 0 Å². The molecule has 30 heavy (non-hydrogen) atoms. The fourth-order valence-electron chi connectivity index (χ4n) is 4.20. The SMILES string of the molecule is CCCCCCc1ccc2c(c1)Cc1cc(-c3ccc(OC(F)(F)F)cc3)ccc1-2. The van der Waals surface area contributed by atoms with Gasteiger partial charge in [0, 0.05) is 0 Å². The third-order valence-corrected chi connectivity index (χ3v) is 5.69. The Labute approximate surface area is 175 Å². The molecule has 1 aliphatic rings. The van der Waals surface area contributed by atoms with E-state index in [1.807, 2.05) is 6.07 Å². The van der Waals surface area contributed by atoms with Crippen molar-refractivity contribution in [1.82, 2.24) is 0 Å². The standard InChI is InChI=1S/C26H25F3O/c1-2-3-4-5-6-18-7-13-24-21(15-18)17-22-16-20(10-14-25(22)24)19-8-11-23(12-9-19)30-26(27,28)29/h7-16H,2-6,17H2,1H3. The average molecular weight is 410 g/mol. The molecule has 1 nitrogen and oxygen atoms in total. The van der Waals surface area contributed by atoms with E-state index in [1.165, 1.54) is 65.6 Å². The second kappa shape index (κ2) is 8.55. The number of halogens is 3. The van der Waals surface area contributed by atoms with Crippen LogP contribution in [0.2, 0.25) is 0 Å². The van der Waals surface area contributed by atoms with Crippen molar-refractivity contribution in [3.8, 4) is 28.0 Å². The van der Waals surface area contributed by atoms with E-state index in [4.69, 9.17) is 0 Å². The molecule has 0 aromatic heterocycles. The lowest BCUT2D eigenvalue weighted by molar-refractivity contribution is -0.274. The molecule has 156 valence electrons. The van der Waals surface area contributed by atoms with Crippen LogP contribution in [0.15, 0.2) is 60.7 Å². The van der Waals surface area contributed by atoms with E-state index < -0.39 is 6.36 Å². The summed E-state index contributed by atoms with van der Waals surface area (Å²) in [6.07, 6.45) is 2.41. The molecule has 3 aromatic rings. The van der Waals surface area contributed by atoms with Gasteiger partial charge in [-0.2, -0.15) is 0 Å². The minimum Gasteiger partial charge on any atom is -0.406 e. The van der Waals surface area contributed by atoms with Crippen molar-refractivity contribution >= 4 is 0 Å². The van der Waals surface area contributed by atoms with E-state index in [1.54, 1.807) is 12.1 Å². The molecule has 0 bridgehead atoms. The second-order valence-corrected chi connectivity index (χ2v) is 7.92. The van der Waals surface area contributed by atoms with Gasteiger partial charge < -0.3 is 4.74 Å². The molecule has 0 fully saturated rings. The Bertz CT molecular complexity index is 1020. The summed E-state index contributed by atoms with van der Waals surface area (Å²) in [4.78, 5) is 0. The smallest absolute Gasteiger partial charge is 0.406 e. The lowest BCUT2D eigenvalue weighted by Crippen LogP contribution is -2.16. The monoisotopic (exact) mass is 410 g/mol. The van der Waals surface area contributed by atoms with Crippen LogP contribution in [0.4, 0.5) is 13.2 Å². The molecule has 0 N–H and O–H groups in total. The Balaban J connectivity index is 1.49. The van der Waals surface area contributed by atoms with Gasteiger partial charge in [-0.05, 0) is 70.3 Å². The predicted octanol–water partition coefficient (Wildman–Crippen LogP) is 7.95. The van der Waals surface area contributed by atoms with E-state index in [9.17, 15) is 13.2 Å². The van der Waals surface area contributed by atoms with Crippen LogP contribution < -0.4 is 4.74 Å². The summed E-state index contributed by atoms with van der Waals surface area (Å²) in [6, 6.07) is 19.2. The first-order valence-electron chi connectivity index (χ1n) is 10.5. The van der Waals surface area contributed by atoms with E-state index in [-0.39, 0.29) is 5.75 Å². The molecule has 0 amide bonds. The minimum absolute atomic E-state index is 0.203.